The molecule has 45 heavy (non-hydrogen) atoms. The van der Waals surface area contributed by atoms with Crippen LogP contribution in [-0.2, 0) is 26.2 Å². The summed E-state index contributed by atoms with van der Waals surface area (Å²) in [5.41, 5.74) is 3.73. The van der Waals surface area contributed by atoms with Crippen molar-refractivity contribution in [2.45, 2.75) is 31.7 Å². The molecular formula is C33H36N6O5S. The molecule has 0 saturated heterocycles. The Morgan fingerprint density at radius 1 is 0.956 bits per heavy atom. The zero-order chi connectivity index (χ0) is 31.8. The van der Waals surface area contributed by atoms with Crippen molar-refractivity contribution in [3.8, 4) is 17.0 Å². The molecule has 0 bridgehead atoms. The van der Waals surface area contributed by atoms with Gasteiger partial charge in [0.15, 0.2) is 0 Å². The maximum absolute atomic E-state index is 13.2. The molecule has 0 aliphatic carbocycles. The third-order valence-electron chi connectivity index (χ3n) is 7.56. The van der Waals surface area contributed by atoms with Crippen LogP contribution in [0.5, 0.6) is 5.75 Å². The lowest BCUT2D eigenvalue weighted by atomic mass is 10.1. The number of methoxy groups -OCH3 is 1. The zero-order valence-electron chi connectivity index (χ0n) is 25.5. The highest BCUT2D eigenvalue weighted by atomic mass is 32.2. The largest absolute Gasteiger partial charge is 0.497 e. The zero-order valence-corrected chi connectivity index (χ0v) is 26.3. The number of ether oxygens (including phenoxy) is 1. The normalized spacial score (nSPS) is 11.5. The lowest BCUT2D eigenvalue weighted by Crippen LogP contribution is -2.30. The molecule has 5 rings (SSSR count). The van der Waals surface area contributed by atoms with Crippen molar-refractivity contribution in [2.24, 2.45) is 0 Å². The second kappa shape index (κ2) is 14.2. The summed E-state index contributed by atoms with van der Waals surface area (Å²) < 4.78 is 34.5. The number of hydrogen-bond donors (Lipinski definition) is 1. The van der Waals surface area contributed by atoms with Gasteiger partial charge in [0.1, 0.15) is 17.9 Å². The summed E-state index contributed by atoms with van der Waals surface area (Å²) in [6.45, 7) is 8.47. The SMILES string of the molecule is CCN(CC)CCCn1cc(-c2cc(Nc3ccc(N(OC=O)S(=O)(=O)c4ccc(OC)cc4)cc3)ncn2)c2ccccc21. The molecule has 0 spiro atoms. The van der Waals surface area contributed by atoms with E-state index in [0.717, 1.165) is 54.8 Å². The minimum absolute atomic E-state index is 0.0638. The Morgan fingerprint density at radius 2 is 1.69 bits per heavy atom. The first kappa shape index (κ1) is 31.5. The lowest BCUT2D eigenvalue weighted by Gasteiger charge is -2.21. The molecular weight excluding hydrogens is 592 g/mol. The van der Waals surface area contributed by atoms with Gasteiger partial charge < -0.3 is 24.4 Å². The van der Waals surface area contributed by atoms with Crippen molar-refractivity contribution in [3.63, 3.8) is 0 Å². The summed E-state index contributed by atoms with van der Waals surface area (Å²) in [5, 5.41) is 4.37. The Bertz CT molecular complexity index is 1840. The Kier molecular flexibility index (Phi) is 9.95. The number of carbonyl (C=O) groups excluding carboxylic acids is 1. The van der Waals surface area contributed by atoms with Gasteiger partial charge in [0.25, 0.3) is 10.0 Å². The molecule has 0 radical (unpaired) electrons. The highest BCUT2D eigenvalue weighted by molar-refractivity contribution is 7.92. The summed E-state index contributed by atoms with van der Waals surface area (Å²) >= 11 is 0. The summed E-state index contributed by atoms with van der Waals surface area (Å²) in [6, 6.07) is 22.4. The number of nitrogens with one attached hydrogen (secondary N) is 1. The van der Waals surface area contributed by atoms with Crippen LogP contribution in [0.1, 0.15) is 20.3 Å². The van der Waals surface area contributed by atoms with E-state index in [2.05, 4.69) is 56.9 Å². The van der Waals surface area contributed by atoms with Crippen LogP contribution >= 0.6 is 0 Å². The fourth-order valence-corrected chi connectivity index (χ4v) is 6.39. The van der Waals surface area contributed by atoms with E-state index in [4.69, 9.17) is 9.57 Å². The van der Waals surface area contributed by atoms with Crippen LogP contribution in [-0.4, -0.2) is 61.1 Å². The molecule has 2 aromatic heterocycles. The summed E-state index contributed by atoms with van der Waals surface area (Å²) in [5.74, 6) is 1.06. The van der Waals surface area contributed by atoms with Gasteiger partial charge in [-0.1, -0.05) is 36.5 Å². The van der Waals surface area contributed by atoms with E-state index < -0.39 is 10.0 Å². The van der Waals surface area contributed by atoms with Crippen LogP contribution < -0.4 is 14.5 Å². The van der Waals surface area contributed by atoms with E-state index in [9.17, 15) is 13.2 Å². The number of fused-ring (bicyclic) bond motifs is 1. The maximum atomic E-state index is 13.2. The summed E-state index contributed by atoms with van der Waals surface area (Å²) in [4.78, 5) is 27.5. The highest BCUT2D eigenvalue weighted by Crippen LogP contribution is 2.32. The fourth-order valence-electron chi connectivity index (χ4n) is 5.17. The molecule has 0 unspecified atom stereocenters. The molecule has 0 atom stereocenters. The van der Waals surface area contributed by atoms with E-state index in [1.165, 1.54) is 49.8 Å². The topological polar surface area (TPSA) is 119 Å². The minimum Gasteiger partial charge on any atom is -0.497 e. The number of sulfonamides is 1. The standard InChI is InChI=1S/C33H36N6O5S/c1-4-37(5-2)19-8-20-38-22-30(29-9-6-7-10-32(29)38)31-21-33(35-23-34-31)36-25-11-13-26(14-12-25)39(44-24-40)45(41,42)28-17-15-27(43-3)16-18-28/h6-7,9-18,21-24H,4-5,8,19-20H2,1-3H3,(H,34,35,36). The predicted molar refractivity (Wildman–Crippen MR) is 175 cm³/mol. The minimum atomic E-state index is -4.20. The first-order valence-electron chi connectivity index (χ1n) is 14.7. The smallest absolute Gasteiger partial charge is 0.322 e. The highest BCUT2D eigenvalue weighted by Gasteiger charge is 2.27. The lowest BCUT2D eigenvalue weighted by molar-refractivity contribution is -0.128. The van der Waals surface area contributed by atoms with E-state index in [1.54, 1.807) is 12.1 Å². The molecule has 3 aromatic carbocycles. The third-order valence-corrected chi connectivity index (χ3v) is 9.17. The van der Waals surface area contributed by atoms with Gasteiger partial charge in [-0.15, -0.1) is 0 Å². The Morgan fingerprint density at radius 3 is 2.38 bits per heavy atom. The second-order valence-corrected chi connectivity index (χ2v) is 12.0. The number of aromatic nitrogens is 3. The first-order chi connectivity index (χ1) is 21.9. The van der Waals surface area contributed by atoms with Gasteiger partial charge in [0.2, 0.25) is 0 Å². The number of carbonyl (C=O) groups is 1. The van der Waals surface area contributed by atoms with Crippen molar-refractivity contribution in [2.75, 3.05) is 36.5 Å². The van der Waals surface area contributed by atoms with Crippen molar-refractivity contribution >= 4 is 44.6 Å². The molecule has 12 heteroatoms. The van der Waals surface area contributed by atoms with E-state index >= 15 is 0 Å². The molecule has 2 heterocycles. The Hall–Kier alpha value is -4.94. The molecule has 0 fully saturated rings. The van der Waals surface area contributed by atoms with Crippen LogP contribution in [0, 0.1) is 0 Å². The maximum Gasteiger partial charge on any atom is 0.322 e. The Balaban J connectivity index is 1.35. The predicted octanol–water partition coefficient (Wildman–Crippen LogP) is 5.87. The van der Waals surface area contributed by atoms with E-state index in [1.807, 2.05) is 18.2 Å². The summed E-state index contributed by atoms with van der Waals surface area (Å²) in [6.07, 6.45) is 4.71. The van der Waals surface area contributed by atoms with Gasteiger partial charge in [0.05, 0.1) is 23.4 Å². The molecule has 0 aliphatic heterocycles. The molecule has 0 aliphatic rings. The van der Waals surface area contributed by atoms with Crippen LogP contribution in [0.2, 0.25) is 0 Å². The monoisotopic (exact) mass is 628 g/mol. The van der Waals surface area contributed by atoms with Gasteiger partial charge in [-0.2, -0.15) is 8.42 Å². The molecule has 5 aromatic rings. The van der Waals surface area contributed by atoms with E-state index in [0.29, 0.717) is 21.7 Å². The second-order valence-electron chi connectivity index (χ2n) is 10.2. The first-order valence-corrected chi connectivity index (χ1v) is 16.1. The number of nitrogens with zero attached hydrogens (tertiary/aromatic N) is 5. The van der Waals surface area contributed by atoms with Crippen molar-refractivity contribution < 1.29 is 22.8 Å². The van der Waals surface area contributed by atoms with Gasteiger partial charge in [-0.05, 0) is 80.7 Å². The van der Waals surface area contributed by atoms with Crippen LogP contribution in [0.15, 0.2) is 96.3 Å². The van der Waals surface area contributed by atoms with Crippen molar-refractivity contribution in [3.05, 3.63) is 91.4 Å². The average Bonchev–Trinajstić information content (AvgIpc) is 3.45. The number of anilines is 3. The van der Waals surface area contributed by atoms with Crippen molar-refractivity contribution in [1.29, 1.82) is 0 Å². The molecule has 0 saturated carbocycles. The van der Waals surface area contributed by atoms with Gasteiger partial charge in [-0.3, -0.25) is 4.79 Å². The molecule has 0 amide bonds. The molecule has 11 nitrogen and oxygen atoms in total. The Labute approximate surface area is 263 Å². The molecule has 1 N–H and O–H groups in total. The van der Waals surface area contributed by atoms with Gasteiger partial charge in [-0.25, -0.2) is 9.97 Å². The third kappa shape index (κ3) is 7.08. The van der Waals surface area contributed by atoms with E-state index in [-0.39, 0.29) is 17.1 Å². The van der Waals surface area contributed by atoms with Gasteiger partial charge in [0, 0.05) is 41.0 Å². The number of aryl methyl sites for hydroxylation is 1. The molecule has 234 valence electrons. The quantitative estimate of drug-likeness (QED) is 0.112. The van der Waals surface area contributed by atoms with Crippen LogP contribution in [0.25, 0.3) is 22.2 Å². The number of hydrogen-bond acceptors (Lipinski definition) is 9. The average molecular weight is 629 g/mol. The number of para-hydroxylation sites is 1. The van der Waals surface area contributed by atoms with Crippen molar-refractivity contribution in [1.82, 2.24) is 19.4 Å². The fraction of sp³-hybridized carbons (Fsp3) is 0.242. The number of benzene rings is 3. The van der Waals surface area contributed by atoms with Crippen LogP contribution in [0.4, 0.5) is 17.2 Å². The van der Waals surface area contributed by atoms with Crippen LogP contribution in [0.3, 0.4) is 0 Å². The summed E-state index contributed by atoms with van der Waals surface area (Å²) in [7, 11) is -2.72. The number of rotatable bonds is 15. The van der Waals surface area contributed by atoms with Gasteiger partial charge >= 0.3 is 6.47 Å².